The molecule has 0 radical (unpaired) electrons. The monoisotopic (exact) mass is 526 g/mol. The molecule has 0 aliphatic heterocycles. The van der Waals surface area contributed by atoms with Crippen LogP contribution < -0.4 is 10.2 Å². The summed E-state index contributed by atoms with van der Waals surface area (Å²) in [5, 5.41) is 27.6. The van der Waals surface area contributed by atoms with E-state index in [1.54, 1.807) is 36.9 Å². The molecule has 0 fully saturated rings. The van der Waals surface area contributed by atoms with E-state index in [9.17, 15) is 19.6 Å². The van der Waals surface area contributed by atoms with Crippen LogP contribution >= 0.6 is 12.6 Å². The van der Waals surface area contributed by atoms with E-state index in [0.29, 0.717) is 11.4 Å². The number of thiol groups is 1. The standard InChI is InChI=1S/C25H30N6O5S/c1-6-22(32)35-12-10-31(11-13-36-23(33)7-2)18-8-9-20(21(14-18)28-24(34)16(3)4)29-30-25(37)19(15-26)17(5)27/h6-9,14,16,27,37H,1-2,10-13H2,3-5H3,(H,28,34)/b25-19-,27-17?,30-29+. The number of azo groups is 1. The Labute approximate surface area is 221 Å². The fraction of sp³-hybridized carbons (Fsp3) is 0.320. The SMILES string of the molecule is C=CC(=O)OCCN(CCOC(=O)C=C)c1ccc(/N=N/C(S)=C(\C#N)C(C)=N)c(NC(=O)C(C)C)c1. The maximum absolute atomic E-state index is 12.5. The summed E-state index contributed by atoms with van der Waals surface area (Å²) < 4.78 is 10.2. The summed E-state index contributed by atoms with van der Waals surface area (Å²) in [5.41, 5.74) is 1.16. The molecule has 0 bridgehead atoms. The maximum atomic E-state index is 12.5. The van der Waals surface area contributed by atoms with Crippen LogP contribution in [0.3, 0.4) is 0 Å². The topological polar surface area (TPSA) is 157 Å². The van der Waals surface area contributed by atoms with Crippen LogP contribution in [0.1, 0.15) is 20.8 Å². The minimum Gasteiger partial charge on any atom is -0.461 e. The molecule has 11 nitrogen and oxygen atoms in total. The molecule has 0 spiro atoms. The number of carbonyl (C=O) groups excluding carboxylic acids is 3. The van der Waals surface area contributed by atoms with Crippen molar-refractivity contribution in [1.29, 1.82) is 10.7 Å². The lowest BCUT2D eigenvalue weighted by atomic mass is 10.1. The van der Waals surface area contributed by atoms with Crippen LogP contribution in [0.25, 0.3) is 0 Å². The second kappa shape index (κ2) is 15.7. The van der Waals surface area contributed by atoms with Crippen molar-refractivity contribution in [3.63, 3.8) is 0 Å². The number of nitrogens with zero attached hydrogens (tertiary/aromatic N) is 4. The van der Waals surface area contributed by atoms with Crippen molar-refractivity contribution < 1.29 is 23.9 Å². The molecule has 1 aromatic rings. The van der Waals surface area contributed by atoms with E-state index >= 15 is 0 Å². The first-order valence-corrected chi connectivity index (χ1v) is 11.6. The van der Waals surface area contributed by atoms with Gasteiger partial charge in [0.1, 0.15) is 35.6 Å². The first-order valence-electron chi connectivity index (χ1n) is 11.1. The second-order valence-corrected chi connectivity index (χ2v) is 8.13. The van der Waals surface area contributed by atoms with Crippen molar-refractivity contribution in [2.75, 3.05) is 36.5 Å². The molecule has 0 aliphatic carbocycles. The molecule has 0 aliphatic rings. The zero-order valence-electron chi connectivity index (χ0n) is 21.0. The molecule has 0 unspecified atom stereocenters. The number of rotatable bonds is 14. The van der Waals surface area contributed by atoms with Crippen molar-refractivity contribution >= 4 is 53.2 Å². The lowest BCUT2D eigenvalue weighted by molar-refractivity contribution is -0.137. The Morgan fingerprint density at radius 1 is 1.19 bits per heavy atom. The number of allylic oxidation sites excluding steroid dienone is 1. The lowest BCUT2D eigenvalue weighted by Crippen LogP contribution is -2.32. The molecule has 37 heavy (non-hydrogen) atoms. The predicted octanol–water partition coefficient (Wildman–Crippen LogP) is 4.33. The highest BCUT2D eigenvalue weighted by molar-refractivity contribution is 7.84. The highest BCUT2D eigenvalue weighted by atomic mass is 32.1. The number of nitriles is 1. The van der Waals surface area contributed by atoms with Gasteiger partial charge in [0.05, 0.1) is 18.8 Å². The van der Waals surface area contributed by atoms with E-state index in [4.69, 9.17) is 14.9 Å². The van der Waals surface area contributed by atoms with Crippen molar-refractivity contribution in [1.82, 2.24) is 0 Å². The smallest absolute Gasteiger partial charge is 0.330 e. The van der Waals surface area contributed by atoms with Gasteiger partial charge in [0.2, 0.25) is 5.91 Å². The summed E-state index contributed by atoms with van der Waals surface area (Å²) in [7, 11) is 0. The van der Waals surface area contributed by atoms with Crippen LogP contribution in [0, 0.1) is 22.7 Å². The van der Waals surface area contributed by atoms with Gasteiger partial charge in [0, 0.05) is 29.5 Å². The lowest BCUT2D eigenvalue weighted by Gasteiger charge is -2.25. The Hall–Kier alpha value is -4.24. The Balaban J connectivity index is 3.39. The molecule has 0 aromatic heterocycles. The Morgan fingerprint density at radius 3 is 2.22 bits per heavy atom. The van der Waals surface area contributed by atoms with Gasteiger partial charge in [0.15, 0.2) is 0 Å². The summed E-state index contributed by atoms with van der Waals surface area (Å²) in [4.78, 5) is 37.1. The average Bonchev–Trinajstić information content (AvgIpc) is 2.86. The largest absolute Gasteiger partial charge is 0.461 e. The van der Waals surface area contributed by atoms with Gasteiger partial charge in [-0.3, -0.25) is 4.79 Å². The fourth-order valence-electron chi connectivity index (χ4n) is 2.64. The minimum atomic E-state index is -0.578. The van der Waals surface area contributed by atoms with Gasteiger partial charge in [-0.1, -0.05) is 27.0 Å². The van der Waals surface area contributed by atoms with Gasteiger partial charge in [0.25, 0.3) is 0 Å². The van der Waals surface area contributed by atoms with Crippen LogP contribution in [-0.2, 0) is 23.9 Å². The van der Waals surface area contributed by atoms with Crippen LogP contribution in [0.2, 0.25) is 0 Å². The molecule has 12 heteroatoms. The van der Waals surface area contributed by atoms with Gasteiger partial charge < -0.3 is 25.1 Å². The third-order valence-corrected chi connectivity index (χ3v) is 4.95. The van der Waals surface area contributed by atoms with E-state index in [1.165, 1.54) is 6.92 Å². The molecule has 2 N–H and O–H groups in total. The minimum absolute atomic E-state index is 0.0138. The molecule has 1 rings (SSSR count). The third-order valence-electron chi connectivity index (χ3n) is 4.63. The number of carbonyl (C=O) groups is 3. The number of ether oxygens (including phenoxy) is 2. The van der Waals surface area contributed by atoms with Crippen molar-refractivity contribution in [3.8, 4) is 6.07 Å². The van der Waals surface area contributed by atoms with E-state index in [1.807, 2.05) is 6.07 Å². The predicted molar refractivity (Wildman–Crippen MR) is 144 cm³/mol. The molecule has 0 atom stereocenters. The summed E-state index contributed by atoms with van der Waals surface area (Å²) >= 11 is 4.15. The quantitative estimate of drug-likeness (QED) is 0.0813. The van der Waals surface area contributed by atoms with E-state index in [2.05, 4.69) is 41.3 Å². The molecule has 1 amide bonds. The molecule has 1 aromatic carbocycles. The van der Waals surface area contributed by atoms with E-state index in [0.717, 1.165) is 12.2 Å². The van der Waals surface area contributed by atoms with Crippen molar-refractivity contribution in [2.45, 2.75) is 20.8 Å². The number of nitrogens with one attached hydrogen (secondary N) is 2. The number of hydrogen-bond donors (Lipinski definition) is 3. The zero-order valence-corrected chi connectivity index (χ0v) is 21.9. The molecule has 0 saturated carbocycles. The first kappa shape index (κ1) is 30.8. The summed E-state index contributed by atoms with van der Waals surface area (Å²) in [6.07, 6.45) is 2.11. The van der Waals surface area contributed by atoms with Crippen molar-refractivity contribution in [2.24, 2.45) is 16.1 Å². The van der Waals surface area contributed by atoms with Crippen LogP contribution in [0.5, 0.6) is 0 Å². The van der Waals surface area contributed by atoms with E-state index in [-0.39, 0.29) is 60.1 Å². The summed E-state index contributed by atoms with van der Waals surface area (Å²) in [5.74, 6) is -1.75. The molecule has 0 saturated heterocycles. The zero-order chi connectivity index (χ0) is 28.0. The van der Waals surface area contributed by atoms with Gasteiger partial charge in [-0.2, -0.15) is 5.26 Å². The Morgan fingerprint density at radius 2 is 1.76 bits per heavy atom. The van der Waals surface area contributed by atoms with Crippen molar-refractivity contribution in [3.05, 3.63) is 54.1 Å². The van der Waals surface area contributed by atoms with Crippen LogP contribution in [0.15, 0.2) is 64.3 Å². The first-order chi connectivity index (χ1) is 17.5. The number of benzene rings is 1. The van der Waals surface area contributed by atoms with Crippen LogP contribution in [-0.4, -0.2) is 49.9 Å². The van der Waals surface area contributed by atoms with Crippen LogP contribution in [0.4, 0.5) is 17.1 Å². The fourth-order valence-corrected chi connectivity index (χ4v) is 2.90. The number of esters is 2. The van der Waals surface area contributed by atoms with Gasteiger partial charge in [-0.25, -0.2) is 9.59 Å². The van der Waals surface area contributed by atoms with Gasteiger partial charge >= 0.3 is 11.9 Å². The third kappa shape index (κ3) is 10.5. The van der Waals surface area contributed by atoms with Gasteiger partial charge in [-0.15, -0.1) is 22.9 Å². The van der Waals surface area contributed by atoms with E-state index < -0.39 is 11.9 Å². The van der Waals surface area contributed by atoms with Gasteiger partial charge in [-0.05, 0) is 25.1 Å². The molecule has 196 valence electrons. The number of anilines is 2. The molecule has 0 heterocycles. The summed E-state index contributed by atoms with van der Waals surface area (Å²) in [6, 6.07) is 6.79. The average molecular weight is 527 g/mol. The normalized spacial score (nSPS) is 11.2. The number of amides is 1. The molecular formula is C25H30N6O5S. The Kier molecular flexibility index (Phi) is 13.1. The summed E-state index contributed by atoms with van der Waals surface area (Å²) in [6.45, 7) is 12.2. The Bertz CT molecular complexity index is 1130. The highest BCUT2D eigenvalue weighted by Gasteiger charge is 2.15. The molecular weight excluding hydrogens is 496 g/mol. The number of hydrogen-bond acceptors (Lipinski definition) is 11. The maximum Gasteiger partial charge on any atom is 0.330 e. The highest BCUT2D eigenvalue weighted by Crippen LogP contribution is 2.32. The second-order valence-electron chi connectivity index (χ2n) is 7.71.